The van der Waals surface area contributed by atoms with Gasteiger partial charge in [-0.15, -0.1) is 0 Å². The summed E-state index contributed by atoms with van der Waals surface area (Å²) in [6, 6.07) is 12.2. The summed E-state index contributed by atoms with van der Waals surface area (Å²) in [4.78, 5) is 37.1. The molecule has 0 spiro atoms. The minimum absolute atomic E-state index is 0.132. The van der Waals surface area contributed by atoms with Gasteiger partial charge in [0.1, 0.15) is 6.54 Å². The van der Waals surface area contributed by atoms with E-state index in [0.29, 0.717) is 6.54 Å². The number of pyridine rings is 1. The van der Waals surface area contributed by atoms with Crippen LogP contribution in [0, 0.1) is 0 Å². The summed E-state index contributed by atoms with van der Waals surface area (Å²) in [7, 11) is 2.93. The van der Waals surface area contributed by atoms with Crippen molar-refractivity contribution >= 4 is 11.9 Å². The first-order valence-corrected chi connectivity index (χ1v) is 7.08. The van der Waals surface area contributed by atoms with Crippen LogP contribution in [0.1, 0.15) is 15.9 Å². The normalized spacial score (nSPS) is 10.2. The summed E-state index contributed by atoms with van der Waals surface area (Å²) in [5, 5.41) is 0. The number of ether oxygens (including phenoxy) is 1. The smallest absolute Gasteiger partial charge is 0.339 e. The Morgan fingerprint density at radius 3 is 2.48 bits per heavy atom. The average Bonchev–Trinajstić information content (AvgIpc) is 2.56. The molecule has 2 aromatic rings. The molecule has 2 rings (SSSR count). The van der Waals surface area contributed by atoms with E-state index >= 15 is 0 Å². The van der Waals surface area contributed by atoms with Crippen LogP contribution in [0.3, 0.4) is 0 Å². The van der Waals surface area contributed by atoms with Crippen LogP contribution < -0.4 is 5.56 Å². The van der Waals surface area contributed by atoms with E-state index < -0.39 is 5.97 Å². The number of hydrogen-bond donors (Lipinski definition) is 0. The molecule has 0 aliphatic heterocycles. The van der Waals surface area contributed by atoms with Gasteiger partial charge in [-0.2, -0.15) is 0 Å². The van der Waals surface area contributed by atoms with Gasteiger partial charge in [-0.1, -0.05) is 30.3 Å². The van der Waals surface area contributed by atoms with Crippen LogP contribution in [-0.2, 0) is 22.6 Å². The minimum atomic E-state index is -0.552. The van der Waals surface area contributed by atoms with E-state index in [1.807, 2.05) is 30.3 Å². The highest BCUT2D eigenvalue weighted by Gasteiger charge is 2.13. The van der Waals surface area contributed by atoms with Crippen LogP contribution in [0.4, 0.5) is 0 Å². The molecular formula is C17H18N2O4. The third kappa shape index (κ3) is 4.29. The molecule has 0 N–H and O–H groups in total. The van der Waals surface area contributed by atoms with Gasteiger partial charge in [-0.3, -0.25) is 9.59 Å². The summed E-state index contributed by atoms with van der Waals surface area (Å²) >= 11 is 0. The molecule has 0 aliphatic carbocycles. The van der Waals surface area contributed by atoms with E-state index in [1.165, 1.54) is 34.9 Å². The van der Waals surface area contributed by atoms with Crippen LogP contribution in [0.2, 0.25) is 0 Å². The molecule has 0 saturated heterocycles. The molecular weight excluding hydrogens is 296 g/mol. The molecule has 1 aromatic carbocycles. The van der Waals surface area contributed by atoms with Crippen molar-refractivity contribution < 1.29 is 14.3 Å². The fourth-order valence-electron chi connectivity index (χ4n) is 2.11. The molecule has 120 valence electrons. The Morgan fingerprint density at radius 1 is 1.13 bits per heavy atom. The zero-order valence-corrected chi connectivity index (χ0v) is 13.1. The second kappa shape index (κ2) is 7.40. The Hall–Kier alpha value is -2.89. The number of aromatic nitrogens is 1. The Kier molecular flexibility index (Phi) is 5.30. The predicted octanol–water partition coefficient (Wildman–Crippen LogP) is 1.29. The lowest BCUT2D eigenvalue weighted by Crippen LogP contribution is -2.33. The molecule has 0 aliphatic rings. The number of carbonyl (C=O) groups excluding carboxylic acids is 2. The first-order chi connectivity index (χ1) is 11.0. The second-order valence-electron chi connectivity index (χ2n) is 5.11. The Bertz CT molecular complexity index is 753. The van der Waals surface area contributed by atoms with Gasteiger partial charge in [0.25, 0.3) is 5.56 Å². The van der Waals surface area contributed by atoms with E-state index in [4.69, 9.17) is 0 Å². The van der Waals surface area contributed by atoms with E-state index in [0.717, 1.165) is 5.56 Å². The molecule has 0 atom stereocenters. The number of nitrogens with zero attached hydrogens (tertiary/aromatic N) is 2. The molecule has 1 aromatic heterocycles. The Morgan fingerprint density at radius 2 is 1.83 bits per heavy atom. The number of likely N-dealkylation sites (N-methyl/N-ethyl adjacent to an activating group) is 1. The maximum absolute atomic E-state index is 12.3. The zero-order valence-electron chi connectivity index (χ0n) is 13.1. The summed E-state index contributed by atoms with van der Waals surface area (Å²) < 4.78 is 5.82. The van der Waals surface area contributed by atoms with E-state index in [2.05, 4.69) is 4.74 Å². The fraction of sp³-hybridized carbons (Fsp3) is 0.235. The minimum Gasteiger partial charge on any atom is -0.465 e. The predicted molar refractivity (Wildman–Crippen MR) is 85.0 cm³/mol. The highest BCUT2D eigenvalue weighted by Crippen LogP contribution is 2.04. The molecule has 6 nitrogen and oxygen atoms in total. The molecule has 0 unspecified atom stereocenters. The number of hydrogen-bond acceptors (Lipinski definition) is 4. The second-order valence-corrected chi connectivity index (χ2v) is 5.11. The van der Waals surface area contributed by atoms with Crippen LogP contribution in [0.5, 0.6) is 0 Å². The van der Waals surface area contributed by atoms with Crippen LogP contribution in [-0.4, -0.2) is 35.5 Å². The lowest BCUT2D eigenvalue weighted by molar-refractivity contribution is -0.131. The van der Waals surface area contributed by atoms with Crippen LogP contribution in [0.15, 0.2) is 53.5 Å². The lowest BCUT2D eigenvalue weighted by atomic mass is 10.2. The third-order valence-corrected chi connectivity index (χ3v) is 3.40. The van der Waals surface area contributed by atoms with Crippen molar-refractivity contribution in [1.29, 1.82) is 0 Å². The Balaban J connectivity index is 2.10. The molecule has 6 heteroatoms. The topological polar surface area (TPSA) is 68.6 Å². The fourth-order valence-corrected chi connectivity index (χ4v) is 2.11. The molecule has 0 saturated carbocycles. The van der Waals surface area contributed by atoms with Gasteiger partial charge in [0.15, 0.2) is 0 Å². The van der Waals surface area contributed by atoms with Gasteiger partial charge in [0, 0.05) is 25.9 Å². The van der Waals surface area contributed by atoms with Crippen LogP contribution in [0.25, 0.3) is 0 Å². The van der Waals surface area contributed by atoms with E-state index in [-0.39, 0.29) is 23.6 Å². The highest BCUT2D eigenvalue weighted by atomic mass is 16.5. The van der Waals surface area contributed by atoms with Crippen molar-refractivity contribution in [3.63, 3.8) is 0 Å². The number of benzene rings is 1. The largest absolute Gasteiger partial charge is 0.465 e. The van der Waals surface area contributed by atoms with Crippen LogP contribution >= 0.6 is 0 Å². The Labute approximate surface area is 133 Å². The third-order valence-electron chi connectivity index (χ3n) is 3.40. The average molecular weight is 314 g/mol. The van der Waals surface area contributed by atoms with Crippen molar-refractivity contribution in [3.05, 3.63) is 70.1 Å². The zero-order chi connectivity index (χ0) is 16.8. The SMILES string of the molecule is COC(=O)c1ccc(=O)n(CC(=O)N(C)Cc2ccccc2)c1. The monoisotopic (exact) mass is 314 g/mol. The van der Waals surface area contributed by atoms with Gasteiger partial charge in [-0.25, -0.2) is 4.79 Å². The van der Waals surface area contributed by atoms with Crippen molar-refractivity contribution in [3.8, 4) is 0 Å². The van der Waals surface area contributed by atoms with Gasteiger partial charge in [-0.05, 0) is 11.6 Å². The van der Waals surface area contributed by atoms with Gasteiger partial charge in [0.05, 0.1) is 12.7 Å². The summed E-state index contributed by atoms with van der Waals surface area (Å²) in [5.74, 6) is -0.776. The first-order valence-electron chi connectivity index (χ1n) is 7.08. The molecule has 23 heavy (non-hydrogen) atoms. The summed E-state index contributed by atoms with van der Waals surface area (Å²) in [5.41, 5.74) is 0.878. The summed E-state index contributed by atoms with van der Waals surface area (Å²) in [6.07, 6.45) is 1.34. The quantitative estimate of drug-likeness (QED) is 0.780. The standard InChI is InChI=1S/C17H18N2O4/c1-18(10-13-6-4-3-5-7-13)16(21)12-19-11-14(17(22)23-2)8-9-15(19)20/h3-9,11H,10,12H2,1-2H3. The van der Waals surface area contributed by atoms with E-state index in [1.54, 1.807) is 7.05 Å². The van der Waals surface area contributed by atoms with Crippen molar-refractivity contribution in [1.82, 2.24) is 9.47 Å². The van der Waals surface area contributed by atoms with Crippen molar-refractivity contribution in [2.75, 3.05) is 14.2 Å². The first kappa shape index (κ1) is 16.5. The van der Waals surface area contributed by atoms with Gasteiger partial charge < -0.3 is 14.2 Å². The number of carbonyl (C=O) groups is 2. The summed E-state index contributed by atoms with van der Waals surface area (Å²) in [6.45, 7) is 0.318. The molecule has 0 bridgehead atoms. The van der Waals surface area contributed by atoms with Gasteiger partial charge >= 0.3 is 5.97 Å². The molecule has 1 amide bonds. The van der Waals surface area contributed by atoms with Crippen molar-refractivity contribution in [2.45, 2.75) is 13.1 Å². The maximum Gasteiger partial charge on any atom is 0.339 e. The lowest BCUT2D eigenvalue weighted by Gasteiger charge is -2.18. The molecule has 0 fully saturated rings. The highest BCUT2D eigenvalue weighted by molar-refractivity contribution is 5.89. The molecule has 1 heterocycles. The number of methoxy groups -OCH3 is 1. The molecule has 0 radical (unpaired) electrons. The number of rotatable bonds is 5. The number of amides is 1. The maximum atomic E-state index is 12.3. The van der Waals surface area contributed by atoms with Crippen molar-refractivity contribution in [2.24, 2.45) is 0 Å². The van der Waals surface area contributed by atoms with Gasteiger partial charge in [0.2, 0.25) is 5.91 Å². The van der Waals surface area contributed by atoms with E-state index in [9.17, 15) is 14.4 Å². The number of esters is 1.